The van der Waals surface area contributed by atoms with E-state index in [-0.39, 0.29) is 11.9 Å². The van der Waals surface area contributed by atoms with Crippen molar-refractivity contribution >= 4 is 5.91 Å². The topological polar surface area (TPSA) is 58.4 Å². The Labute approximate surface area is 105 Å². The van der Waals surface area contributed by atoms with Crippen molar-refractivity contribution in [2.24, 2.45) is 23.5 Å². The molecule has 0 radical (unpaired) electrons. The second-order valence-electron chi connectivity index (χ2n) is 5.77. The molecule has 1 aliphatic rings. The zero-order chi connectivity index (χ0) is 13.0. The first-order valence-electron chi connectivity index (χ1n) is 6.67. The molecular formula is C13H27N3O. The number of carbonyl (C=O) groups excluding carboxylic acids is 1. The van der Waals surface area contributed by atoms with E-state index < -0.39 is 0 Å². The van der Waals surface area contributed by atoms with E-state index in [9.17, 15) is 4.79 Å². The van der Waals surface area contributed by atoms with Gasteiger partial charge in [0.05, 0.1) is 0 Å². The van der Waals surface area contributed by atoms with Gasteiger partial charge >= 0.3 is 0 Å². The highest BCUT2D eigenvalue weighted by atomic mass is 16.1. The molecule has 0 saturated carbocycles. The van der Waals surface area contributed by atoms with Crippen molar-refractivity contribution in [2.75, 3.05) is 26.2 Å². The Kier molecular flexibility index (Phi) is 5.40. The molecule has 1 rings (SSSR count). The first kappa shape index (κ1) is 14.5. The molecule has 0 spiro atoms. The van der Waals surface area contributed by atoms with E-state index in [1.807, 2.05) is 0 Å². The molecule has 0 aromatic heterocycles. The molecule has 4 heteroatoms. The largest absolute Gasteiger partial charge is 0.368 e. The number of piperazine rings is 1. The summed E-state index contributed by atoms with van der Waals surface area (Å²) in [5.74, 6) is 1.69. The second kappa shape index (κ2) is 6.36. The minimum absolute atomic E-state index is 0.135. The molecule has 4 nitrogen and oxygen atoms in total. The van der Waals surface area contributed by atoms with E-state index in [0.29, 0.717) is 24.3 Å². The SMILES string of the molecule is CC(C)C(CN1CCNCC1C(N)=O)C(C)C. The number of primary amides is 1. The number of hydrogen-bond donors (Lipinski definition) is 2. The lowest BCUT2D eigenvalue weighted by atomic mass is 9.84. The fourth-order valence-electron chi connectivity index (χ4n) is 2.71. The molecule has 1 amide bonds. The van der Waals surface area contributed by atoms with Crippen LogP contribution in [-0.2, 0) is 4.79 Å². The van der Waals surface area contributed by atoms with Gasteiger partial charge in [-0.15, -0.1) is 0 Å². The number of carbonyl (C=O) groups is 1. The number of rotatable bonds is 5. The summed E-state index contributed by atoms with van der Waals surface area (Å²) in [7, 11) is 0. The highest BCUT2D eigenvalue weighted by Crippen LogP contribution is 2.22. The number of amides is 1. The van der Waals surface area contributed by atoms with Crippen molar-refractivity contribution < 1.29 is 4.79 Å². The Hall–Kier alpha value is -0.610. The van der Waals surface area contributed by atoms with Crippen LogP contribution >= 0.6 is 0 Å². The van der Waals surface area contributed by atoms with Gasteiger partial charge in [-0.1, -0.05) is 27.7 Å². The maximum atomic E-state index is 11.4. The molecule has 1 heterocycles. The van der Waals surface area contributed by atoms with Gasteiger partial charge in [0.25, 0.3) is 0 Å². The van der Waals surface area contributed by atoms with Crippen LogP contribution < -0.4 is 11.1 Å². The Morgan fingerprint density at radius 2 is 1.94 bits per heavy atom. The first-order valence-corrected chi connectivity index (χ1v) is 6.67. The highest BCUT2D eigenvalue weighted by Gasteiger charge is 2.30. The molecule has 0 bridgehead atoms. The second-order valence-corrected chi connectivity index (χ2v) is 5.77. The van der Waals surface area contributed by atoms with Crippen LogP contribution in [0.25, 0.3) is 0 Å². The summed E-state index contributed by atoms with van der Waals surface area (Å²) in [6, 6.07) is -0.135. The molecule has 1 saturated heterocycles. The van der Waals surface area contributed by atoms with Crippen LogP contribution in [0.1, 0.15) is 27.7 Å². The van der Waals surface area contributed by atoms with Crippen LogP contribution in [0.3, 0.4) is 0 Å². The molecule has 17 heavy (non-hydrogen) atoms. The normalized spacial score (nSPS) is 22.6. The Bertz CT molecular complexity index is 245. The molecule has 0 aromatic carbocycles. The van der Waals surface area contributed by atoms with Crippen LogP contribution in [0.2, 0.25) is 0 Å². The summed E-state index contributed by atoms with van der Waals surface area (Å²) in [6.45, 7) is 12.6. The summed E-state index contributed by atoms with van der Waals surface area (Å²) >= 11 is 0. The summed E-state index contributed by atoms with van der Waals surface area (Å²) in [5, 5.41) is 3.24. The third-order valence-electron chi connectivity index (χ3n) is 3.84. The molecule has 1 aliphatic heterocycles. The van der Waals surface area contributed by atoms with Gasteiger partial charge in [-0.05, 0) is 17.8 Å². The maximum Gasteiger partial charge on any atom is 0.236 e. The molecule has 100 valence electrons. The number of hydrogen-bond acceptors (Lipinski definition) is 3. The highest BCUT2D eigenvalue weighted by molar-refractivity contribution is 5.80. The summed E-state index contributed by atoms with van der Waals surface area (Å²) < 4.78 is 0. The predicted octanol–water partition coefficient (Wildman–Crippen LogP) is 0.674. The van der Waals surface area contributed by atoms with Crippen LogP contribution in [0.4, 0.5) is 0 Å². The van der Waals surface area contributed by atoms with Gasteiger partial charge < -0.3 is 11.1 Å². The van der Waals surface area contributed by atoms with Gasteiger partial charge in [0.2, 0.25) is 5.91 Å². The summed E-state index contributed by atoms with van der Waals surface area (Å²) in [4.78, 5) is 13.7. The third-order valence-corrected chi connectivity index (χ3v) is 3.84. The van der Waals surface area contributed by atoms with Crippen LogP contribution in [0, 0.1) is 17.8 Å². The van der Waals surface area contributed by atoms with Crippen molar-refractivity contribution in [3.8, 4) is 0 Å². The van der Waals surface area contributed by atoms with E-state index in [4.69, 9.17) is 5.73 Å². The molecule has 1 unspecified atom stereocenters. The lowest BCUT2D eigenvalue weighted by Crippen LogP contribution is -2.58. The van der Waals surface area contributed by atoms with E-state index in [1.54, 1.807) is 0 Å². The van der Waals surface area contributed by atoms with Gasteiger partial charge in [-0.25, -0.2) is 0 Å². The van der Waals surface area contributed by atoms with Gasteiger partial charge in [0.15, 0.2) is 0 Å². The molecule has 0 aliphatic carbocycles. The quantitative estimate of drug-likeness (QED) is 0.744. The lowest BCUT2D eigenvalue weighted by molar-refractivity contribution is -0.124. The molecule has 0 aromatic rings. The monoisotopic (exact) mass is 241 g/mol. The van der Waals surface area contributed by atoms with Crippen molar-refractivity contribution in [1.82, 2.24) is 10.2 Å². The van der Waals surface area contributed by atoms with Gasteiger partial charge in [0, 0.05) is 26.2 Å². The van der Waals surface area contributed by atoms with Crippen LogP contribution in [0.5, 0.6) is 0 Å². The average molecular weight is 241 g/mol. The van der Waals surface area contributed by atoms with E-state index in [2.05, 4.69) is 37.9 Å². The van der Waals surface area contributed by atoms with Gasteiger partial charge in [-0.3, -0.25) is 9.69 Å². The number of nitrogens with one attached hydrogen (secondary N) is 1. The molecule has 3 N–H and O–H groups in total. The first-order chi connectivity index (χ1) is 7.93. The lowest BCUT2D eigenvalue weighted by Gasteiger charge is -2.38. The van der Waals surface area contributed by atoms with Crippen molar-refractivity contribution in [1.29, 1.82) is 0 Å². The standard InChI is InChI=1S/C13H27N3O/c1-9(2)11(10(3)4)8-16-6-5-15-7-12(16)13(14)17/h9-12,15H,5-8H2,1-4H3,(H2,14,17). The zero-order valence-electron chi connectivity index (χ0n) is 11.6. The van der Waals surface area contributed by atoms with Crippen LogP contribution in [0.15, 0.2) is 0 Å². The van der Waals surface area contributed by atoms with Crippen molar-refractivity contribution in [2.45, 2.75) is 33.7 Å². The Morgan fingerprint density at radius 3 is 2.41 bits per heavy atom. The fourth-order valence-corrected chi connectivity index (χ4v) is 2.71. The smallest absolute Gasteiger partial charge is 0.236 e. The fraction of sp³-hybridized carbons (Fsp3) is 0.923. The van der Waals surface area contributed by atoms with Gasteiger partial charge in [-0.2, -0.15) is 0 Å². The Balaban J connectivity index is 2.65. The summed E-state index contributed by atoms with van der Waals surface area (Å²) in [5.41, 5.74) is 5.46. The minimum Gasteiger partial charge on any atom is -0.368 e. The Morgan fingerprint density at radius 1 is 1.35 bits per heavy atom. The predicted molar refractivity (Wildman–Crippen MR) is 70.6 cm³/mol. The van der Waals surface area contributed by atoms with E-state index in [0.717, 1.165) is 19.6 Å². The summed E-state index contributed by atoms with van der Waals surface area (Å²) in [6.07, 6.45) is 0. The molecular weight excluding hydrogens is 214 g/mol. The minimum atomic E-state index is -0.205. The van der Waals surface area contributed by atoms with Crippen molar-refractivity contribution in [3.63, 3.8) is 0 Å². The van der Waals surface area contributed by atoms with Gasteiger partial charge in [0.1, 0.15) is 6.04 Å². The number of nitrogens with zero attached hydrogens (tertiary/aromatic N) is 1. The molecule has 1 fully saturated rings. The zero-order valence-corrected chi connectivity index (χ0v) is 11.6. The average Bonchev–Trinajstić information content (AvgIpc) is 2.25. The van der Waals surface area contributed by atoms with E-state index >= 15 is 0 Å². The third kappa shape index (κ3) is 3.96. The van der Waals surface area contributed by atoms with Crippen LogP contribution in [-0.4, -0.2) is 43.0 Å². The molecule has 1 atom stereocenters. The van der Waals surface area contributed by atoms with Crippen molar-refractivity contribution in [3.05, 3.63) is 0 Å². The van der Waals surface area contributed by atoms with E-state index in [1.165, 1.54) is 0 Å². The maximum absolute atomic E-state index is 11.4. The number of nitrogens with two attached hydrogens (primary N) is 1.